The van der Waals surface area contributed by atoms with Gasteiger partial charge in [-0.1, -0.05) is 6.07 Å². The summed E-state index contributed by atoms with van der Waals surface area (Å²) in [6.45, 7) is 3.09. The zero-order valence-corrected chi connectivity index (χ0v) is 21.1. The zero-order valence-electron chi connectivity index (χ0n) is 21.1. The fourth-order valence-electron chi connectivity index (χ4n) is 5.84. The molecule has 4 heterocycles. The maximum atomic E-state index is 14.4. The first-order chi connectivity index (χ1) is 18.9. The summed E-state index contributed by atoms with van der Waals surface area (Å²) < 4.78 is 36.9. The quantitative estimate of drug-likeness (QED) is 0.417. The SMILES string of the molecule is O=C(Nc1ccc2c(cnn2[C@H]2CCOC2)c1N1CCC2(CC2)C1)c1ccc(=O)n(-c2c(F)cccc2F)n1. The Morgan fingerprint density at radius 1 is 1.05 bits per heavy atom. The van der Waals surface area contributed by atoms with E-state index in [1.165, 1.54) is 25.0 Å². The number of rotatable bonds is 5. The number of hydrogen-bond donors (Lipinski definition) is 1. The highest BCUT2D eigenvalue weighted by atomic mass is 19.1. The van der Waals surface area contributed by atoms with Crippen LogP contribution in [0.15, 0.2) is 53.5 Å². The van der Waals surface area contributed by atoms with Crippen LogP contribution >= 0.6 is 0 Å². The van der Waals surface area contributed by atoms with Crippen molar-refractivity contribution in [3.8, 4) is 5.69 Å². The Balaban J connectivity index is 1.27. The second-order valence-electron chi connectivity index (χ2n) is 10.7. The third-order valence-electron chi connectivity index (χ3n) is 8.15. The van der Waals surface area contributed by atoms with Crippen molar-refractivity contribution in [1.82, 2.24) is 19.6 Å². The molecule has 11 heteroatoms. The summed E-state index contributed by atoms with van der Waals surface area (Å²) in [4.78, 5) is 28.1. The number of fused-ring (bicyclic) bond motifs is 1. The predicted molar refractivity (Wildman–Crippen MR) is 140 cm³/mol. The van der Waals surface area contributed by atoms with Crippen LogP contribution in [0.5, 0.6) is 0 Å². The number of benzene rings is 2. The van der Waals surface area contributed by atoms with Gasteiger partial charge in [0.2, 0.25) is 0 Å². The molecule has 9 nitrogen and oxygen atoms in total. The van der Waals surface area contributed by atoms with Crippen molar-refractivity contribution in [1.29, 1.82) is 0 Å². The van der Waals surface area contributed by atoms with Crippen LogP contribution in [0.25, 0.3) is 16.6 Å². The number of nitrogens with zero attached hydrogens (tertiary/aromatic N) is 5. The van der Waals surface area contributed by atoms with E-state index in [9.17, 15) is 18.4 Å². The predicted octanol–water partition coefficient (Wildman–Crippen LogP) is 4.06. The summed E-state index contributed by atoms with van der Waals surface area (Å²) in [5, 5.41) is 12.6. The first-order valence-corrected chi connectivity index (χ1v) is 13.1. The highest BCUT2D eigenvalue weighted by Crippen LogP contribution is 2.54. The number of carbonyl (C=O) groups is 1. The molecule has 3 aliphatic rings. The second kappa shape index (κ2) is 8.98. The van der Waals surface area contributed by atoms with Crippen molar-refractivity contribution in [2.24, 2.45) is 5.41 Å². The van der Waals surface area contributed by atoms with Gasteiger partial charge in [0.1, 0.15) is 11.4 Å². The zero-order chi connectivity index (χ0) is 26.7. The van der Waals surface area contributed by atoms with Crippen molar-refractivity contribution >= 4 is 28.2 Å². The van der Waals surface area contributed by atoms with Gasteiger partial charge >= 0.3 is 0 Å². The number of carbonyl (C=O) groups excluding carboxylic acids is 1. The van der Waals surface area contributed by atoms with E-state index < -0.39 is 28.8 Å². The fraction of sp³-hybridized carbons (Fsp3) is 0.357. The number of aromatic nitrogens is 4. The van der Waals surface area contributed by atoms with Crippen molar-refractivity contribution < 1.29 is 18.3 Å². The minimum absolute atomic E-state index is 0.151. The van der Waals surface area contributed by atoms with E-state index in [1.54, 1.807) is 0 Å². The van der Waals surface area contributed by atoms with Crippen molar-refractivity contribution in [2.75, 3.05) is 36.5 Å². The maximum Gasteiger partial charge on any atom is 0.276 e. The highest BCUT2D eigenvalue weighted by Gasteiger charge is 2.48. The minimum Gasteiger partial charge on any atom is -0.379 e. The molecule has 1 atom stereocenters. The van der Waals surface area contributed by atoms with E-state index in [0.29, 0.717) is 29.0 Å². The molecule has 0 bridgehead atoms. The summed E-state index contributed by atoms with van der Waals surface area (Å²) in [6.07, 6.45) is 6.25. The molecule has 0 unspecified atom stereocenters. The van der Waals surface area contributed by atoms with E-state index in [-0.39, 0.29) is 11.7 Å². The average molecular weight is 533 g/mol. The number of halogens is 2. The number of hydrogen-bond acceptors (Lipinski definition) is 6. The third-order valence-corrected chi connectivity index (χ3v) is 8.15. The minimum atomic E-state index is -0.956. The number of ether oxygens (including phenoxy) is 1. The van der Waals surface area contributed by atoms with E-state index in [2.05, 4.69) is 20.4 Å². The molecule has 2 aliphatic heterocycles. The highest BCUT2D eigenvalue weighted by molar-refractivity contribution is 6.09. The standard InChI is InChI=1S/C28H26F2N6O3/c29-19-2-1-3-20(30)26(19)36-24(37)7-5-22(33-36)27(38)32-21-4-6-23-18(14-31-35(23)17-8-13-39-15-17)25(21)34-12-11-28(16-34)9-10-28/h1-7,14,17H,8-13,15-16H2,(H,32,38)/t17-/m0/s1. The summed E-state index contributed by atoms with van der Waals surface area (Å²) in [6, 6.07) is 9.52. The molecule has 4 aromatic rings. The molecule has 0 radical (unpaired) electrons. The van der Waals surface area contributed by atoms with Gasteiger partial charge in [-0.25, -0.2) is 8.78 Å². The summed E-state index contributed by atoms with van der Waals surface area (Å²) in [5.74, 6) is -2.51. The van der Waals surface area contributed by atoms with Gasteiger partial charge in [-0.2, -0.15) is 14.9 Å². The lowest BCUT2D eigenvalue weighted by atomic mass is 10.1. The van der Waals surface area contributed by atoms with E-state index >= 15 is 0 Å². The van der Waals surface area contributed by atoms with Crippen molar-refractivity contribution in [3.05, 3.63) is 76.3 Å². The van der Waals surface area contributed by atoms with E-state index in [1.807, 2.05) is 23.0 Å². The van der Waals surface area contributed by atoms with Crippen LogP contribution in [0.1, 0.15) is 42.2 Å². The molecule has 1 saturated carbocycles. The summed E-state index contributed by atoms with van der Waals surface area (Å²) >= 11 is 0. The van der Waals surface area contributed by atoms with Crippen LogP contribution in [0.4, 0.5) is 20.2 Å². The fourth-order valence-corrected chi connectivity index (χ4v) is 5.84. The van der Waals surface area contributed by atoms with Crippen molar-refractivity contribution in [2.45, 2.75) is 31.7 Å². The Labute approximate surface area is 222 Å². The number of amides is 1. The Morgan fingerprint density at radius 3 is 2.59 bits per heavy atom. The lowest BCUT2D eigenvalue weighted by Crippen LogP contribution is -2.27. The second-order valence-corrected chi connectivity index (χ2v) is 10.7. The molecular formula is C28H26F2N6O3. The maximum absolute atomic E-state index is 14.4. The molecule has 2 saturated heterocycles. The van der Waals surface area contributed by atoms with Crippen LogP contribution in [0.2, 0.25) is 0 Å². The smallest absolute Gasteiger partial charge is 0.276 e. The van der Waals surface area contributed by atoms with Crippen LogP contribution in [-0.2, 0) is 4.74 Å². The molecule has 2 aromatic heterocycles. The Morgan fingerprint density at radius 2 is 1.87 bits per heavy atom. The first kappa shape index (κ1) is 24.0. The van der Waals surface area contributed by atoms with Gasteiger partial charge in [-0.15, -0.1) is 0 Å². The molecule has 200 valence electrons. The molecule has 1 aliphatic carbocycles. The van der Waals surface area contributed by atoms with Gasteiger partial charge in [0, 0.05) is 31.1 Å². The first-order valence-electron chi connectivity index (χ1n) is 13.1. The number of nitrogens with one attached hydrogen (secondary N) is 1. The van der Waals surface area contributed by atoms with Gasteiger partial charge in [-0.3, -0.25) is 14.3 Å². The lowest BCUT2D eigenvalue weighted by Gasteiger charge is -2.24. The van der Waals surface area contributed by atoms with Gasteiger partial charge in [0.25, 0.3) is 11.5 Å². The molecule has 1 amide bonds. The number of anilines is 2. The van der Waals surface area contributed by atoms with Gasteiger partial charge in [0.05, 0.1) is 35.7 Å². The number of para-hydroxylation sites is 1. The van der Waals surface area contributed by atoms with E-state index in [0.717, 1.165) is 60.7 Å². The molecule has 39 heavy (non-hydrogen) atoms. The molecule has 7 rings (SSSR count). The van der Waals surface area contributed by atoms with Crippen molar-refractivity contribution in [3.63, 3.8) is 0 Å². The molecule has 2 aromatic carbocycles. The monoisotopic (exact) mass is 532 g/mol. The van der Waals surface area contributed by atoms with Crippen LogP contribution in [-0.4, -0.2) is 51.8 Å². The Bertz CT molecular complexity index is 1650. The summed E-state index contributed by atoms with van der Waals surface area (Å²) in [5.41, 5.74) is 1.26. The Hall–Kier alpha value is -4.12. The van der Waals surface area contributed by atoms with Gasteiger partial charge in [0.15, 0.2) is 11.6 Å². The van der Waals surface area contributed by atoms with Gasteiger partial charge in [-0.05, 0) is 61.4 Å². The Kier molecular flexibility index (Phi) is 5.51. The lowest BCUT2D eigenvalue weighted by molar-refractivity contribution is 0.102. The normalized spacial score (nSPS) is 19.7. The summed E-state index contributed by atoms with van der Waals surface area (Å²) in [7, 11) is 0. The van der Waals surface area contributed by atoms with Crippen LogP contribution in [0.3, 0.4) is 0 Å². The topological polar surface area (TPSA) is 94.3 Å². The third kappa shape index (κ3) is 4.08. The molecular weight excluding hydrogens is 506 g/mol. The molecule has 1 N–H and O–H groups in total. The van der Waals surface area contributed by atoms with Crippen LogP contribution in [0, 0.1) is 17.0 Å². The molecule has 1 spiro atoms. The van der Waals surface area contributed by atoms with Gasteiger partial charge < -0.3 is 15.0 Å². The van der Waals surface area contributed by atoms with E-state index in [4.69, 9.17) is 4.74 Å². The van der Waals surface area contributed by atoms with Crippen LogP contribution < -0.4 is 15.8 Å². The molecule has 3 fully saturated rings. The average Bonchev–Trinajstić information content (AvgIpc) is 3.28. The largest absolute Gasteiger partial charge is 0.379 e.